The highest BCUT2D eigenvalue weighted by molar-refractivity contribution is 5.93. The topological polar surface area (TPSA) is 171 Å². The number of rotatable bonds is 11. The minimum absolute atomic E-state index is 0.154. The molecule has 2 atom stereocenters. The predicted molar refractivity (Wildman–Crippen MR) is 255 cm³/mol. The molecule has 0 radical (unpaired) electrons. The van der Waals surface area contributed by atoms with Gasteiger partial charge in [-0.05, 0) is 75.4 Å². The minimum Gasteiger partial charge on any atom is -0.466 e. The Kier molecular flexibility index (Phi) is 18.5. The van der Waals surface area contributed by atoms with Gasteiger partial charge >= 0.3 is 11.9 Å². The maximum atomic E-state index is 11.6. The molecule has 0 bridgehead atoms. The molecular formula is C53H53N5O7. The fraction of sp³-hybridized carbons (Fsp3) is 0.208. The fourth-order valence-corrected chi connectivity index (χ4v) is 6.48. The number of nitrogens with one attached hydrogen (secondary N) is 1. The Labute approximate surface area is 378 Å². The lowest BCUT2D eigenvalue weighted by Crippen LogP contribution is -2.27. The smallest absolute Gasteiger partial charge is 0.333 e. The van der Waals surface area contributed by atoms with Crippen LogP contribution in [0.25, 0.3) is 49.7 Å². The average Bonchev–Trinajstić information content (AvgIpc) is 3.34. The van der Waals surface area contributed by atoms with Crippen molar-refractivity contribution in [2.45, 2.75) is 47.5 Å². The van der Waals surface area contributed by atoms with Crippen molar-refractivity contribution in [2.75, 3.05) is 13.2 Å². The Morgan fingerprint density at radius 3 is 1.40 bits per heavy atom. The summed E-state index contributed by atoms with van der Waals surface area (Å²) in [5.41, 5.74) is 8.89. The van der Waals surface area contributed by atoms with Gasteiger partial charge in [-0.1, -0.05) is 111 Å². The summed E-state index contributed by atoms with van der Waals surface area (Å²) in [5, 5.41) is 12.9. The quantitative estimate of drug-likeness (QED) is 0.0417. The second-order valence-electron chi connectivity index (χ2n) is 15.0. The number of hydroxylamine groups is 1. The normalized spacial score (nSPS) is 11.7. The number of amides is 1. The highest BCUT2D eigenvalue weighted by atomic mass is 16.5. The van der Waals surface area contributed by atoms with Gasteiger partial charge in [-0.15, -0.1) is 0 Å². The third-order valence-corrected chi connectivity index (χ3v) is 9.91. The van der Waals surface area contributed by atoms with Crippen molar-refractivity contribution in [1.82, 2.24) is 25.4 Å². The molecule has 0 aliphatic heterocycles. The lowest BCUT2D eigenvalue weighted by molar-refractivity contribution is -0.147. The highest BCUT2D eigenvalue weighted by Gasteiger charge is 2.16. The second-order valence-corrected chi connectivity index (χ2v) is 15.0. The number of para-hydroxylation sites is 4. The first-order valence-electron chi connectivity index (χ1n) is 21.3. The molecule has 0 saturated carbocycles. The van der Waals surface area contributed by atoms with Crippen LogP contribution in [0.1, 0.15) is 62.2 Å². The zero-order chi connectivity index (χ0) is 46.6. The molecule has 1 amide bonds. The molecule has 4 heterocycles. The number of ether oxygens (including phenoxy) is 2. The van der Waals surface area contributed by atoms with E-state index >= 15 is 0 Å². The monoisotopic (exact) mass is 871 g/mol. The Morgan fingerprint density at radius 1 is 0.554 bits per heavy atom. The van der Waals surface area contributed by atoms with Gasteiger partial charge in [0.05, 0.1) is 46.9 Å². The van der Waals surface area contributed by atoms with E-state index in [-0.39, 0.29) is 29.7 Å². The molecule has 4 aromatic heterocycles. The predicted octanol–water partition coefficient (Wildman–Crippen LogP) is 10.1. The van der Waals surface area contributed by atoms with Gasteiger partial charge in [0.25, 0.3) is 0 Å². The van der Waals surface area contributed by atoms with Crippen molar-refractivity contribution in [1.29, 1.82) is 0 Å². The molecule has 0 aliphatic rings. The molecule has 0 saturated heterocycles. The molecule has 12 heteroatoms. The largest absolute Gasteiger partial charge is 0.466 e. The molecule has 332 valence electrons. The Hall–Kier alpha value is -7.70. The molecule has 8 rings (SSSR count). The van der Waals surface area contributed by atoms with Gasteiger partial charge in [-0.25, -0.2) is 20.2 Å². The van der Waals surface area contributed by atoms with Crippen LogP contribution in [-0.2, 0) is 36.7 Å². The van der Waals surface area contributed by atoms with Crippen LogP contribution in [0.2, 0.25) is 0 Å². The molecule has 12 nitrogen and oxygen atoms in total. The van der Waals surface area contributed by atoms with Crippen molar-refractivity contribution < 1.29 is 33.9 Å². The number of carbonyl (C=O) groups excluding carboxylic acids is 4. The van der Waals surface area contributed by atoms with Crippen LogP contribution in [-0.4, -0.2) is 62.5 Å². The van der Waals surface area contributed by atoms with E-state index in [0.29, 0.717) is 37.3 Å². The number of aldehydes is 1. The molecule has 0 fully saturated rings. The number of aromatic nitrogens is 4. The van der Waals surface area contributed by atoms with Crippen LogP contribution in [0.4, 0.5) is 0 Å². The number of esters is 2. The third-order valence-electron chi connectivity index (χ3n) is 9.91. The lowest BCUT2D eigenvalue weighted by Gasteiger charge is -2.10. The number of pyridine rings is 4. The number of hydrogen-bond acceptors (Lipinski definition) is 11. The van der Waals surface area contributed by atoms with Crippen molar-refractivity contribution in [3.05, 3.63) is 174 Å². The summed E-state index contributed by atoms with van der Waals surface area (Å²) >= 11 is 0. The van der Waals surface area contributed by atoms with E-state index in [1.807, 2.05) is 153 Å². The van der Waals surface area contributed by atoms with Gasteiger partial charge < -0.3 is 9.47 Å². The van der Waals surface area contributed by atoms with Crippen LogP contribution in [0.15, 0.2) is 151 Å². The standard InChI is InChI=1S/C15H17NO2.C15H15NO2.C13H14N2O2.C10H7NO/c2*1-3-18-15(17)11(2)10-13-9-8-12-6-4-5-7-14(12)16-13;1-9(13(16)15-17)8-11-7-6-10-4-2-3-5-12(10)14-11;12-7-9-6-5-8-3-1-2-4-10(8)11-9/h4-9,11H,3,10H2,1-2H3;4-10H,3H2,1-2H3;2-7,9,17H,8H2,1H3,(H,15,16);1-7H/b;11-10+;;. The zero-order valence-corrected chi connectivity index (χ0v) is 37.2. The van der Waals surface area contributed by atoms with Crippen LogP contribution in [0.5, 0.6) is 0 Å². The molecule has 4 aromatic carbocycles. The number of hydrogen-bond donors (Lipinski definition) is 2. The fourth-order valence-electron chi connectivity index (χ4n) is 6.48. The molecule has 65 heavy (non-hydrogen) atoms. The highest BCUT2D eigenvalue weighted by Crippen LogP contribution is 2.17. The summed E-state index contributed by atoms with van der Waals surface area (Å²) in [6, 6.07) is 46.8. The Balaban J connectivity index is 0.000000164. The molecular weight excluding hydrogens is 819 g/mol. The van der Waals surface area contributed by atoms with Gasteiger partial charge in [-0.2, -0.15) is 0 Å². The van der Waals surface area contributed by atoms with E-state index in [4.69, 9.17) is 14.7 Å². The molecule has 0 spiro atoms. The number of fused-ring (bicyclic) bond motifs is 4. The average molecular weight is 872 g/mol. The zero-order valence-electron chi connectivity index (χ0n) is 37.2. The first-order chi connectivity index (χ1) is 31.5. The van der Waals surface area contributed by atoms with Crippen LogP contribution in [0.3, 0.4) is 0 Å². The van der Waals surface area contributed by atoms with Crippen molar-refractivity contribution >= 4 is 73.8 Å². The van der Waals surface area contributed by atoms with Crippen molar-refractivity contribution in [2.24, 2.45) is 11.8 Å². The Morgan fingerprint density at radius 2 is 0.954 bits per heavy atom. The second kappa shape index (κ2) is 24.8. The van der Waals surface area contributed by atoms with Crippen molar-refractivity contribution in [3.8, 4) is 0 Å². The van der Waals surface area contributed by atoms with E-state index in [1.165, 1.54) is 0 Å². The summed E-state index contributed by atoms with van der Waals surface area (Å²) in [6.07, 6.45) is 3.62. The first-order valence-corrected chi connectivity index (χ1v) is 21.3. The molecule has 8 aromatic rings. The van der Waals surface area contributed by atoms with Crippen LogP contribution in [0, 0.1) is 11.8 Å². The van der Waals surface area contributed by atoms with Gasteiger partial charge in [0, 0.05) is 57.3 Å². The van der Waals surface area contributed by atoms with Gasteiger partial charge in [0.1, 0.15) is 5.69 Å². The number of nitrogens with zero attached hydrogens (tertiary/aromatic N) is 4. The van der Waals surface area contributed by atoms with Crippen LogP contribution >= 0.6 is 0 Å². The summed E-state index contributed by atoms with van der Waals surface area (Å²) in [6.45, 7) is 9.77. The lowest BCUT2D eigenvalue weighted by atomic mass is 10.0. The first kappa shape index (κ1) is 48.3. The molecule has 2 unspecified atom stereocenters. The number of carbonyl (C=O) groups is 4. The maximum Gasteiger partial charge on any atom is 0.333 e. The maximum absolute atomic E-state index is 11.6. The van der Waals surface area contributed by atoms with E-state index in [9.17, 15) is 19.2 Å². The van der Waals surface area contributed by atoms with E-state index < -0.39 is 0 Å². The van der Waals surface area contributed by atoms with Gasteiger partial charge in [0.15, 0.2) is 6.29 Å². The third kappa shape index (κ3) is 14.7. The van der Waals surface area contributed by atoms with Crippen molar-refractivity contribution in [3.63, 3.8) is 0 Å². The summed E-state index contributed by atoms with van der Waals surface area (Å²) in [7, 11) is 0. The summed E-state index contributed by atoms with van der Waals surface area (Å²) in [5.74, 6) is -1.30. The summed E-state index contributed by atoms with van der Waals surface area (Å²) < 4.78 is 9.92. The van der Waals surface area contributed by atoms with E-state index in [0.717, 1.165) is 67.0 Å². The van der Waals surface area contributed by atoms with Gasteiger partial charge in [-0.3, -0.25) is 29.6 Å². The van der Waals surface area contributed by atoms with E-state index in [1.54, 1.807) is 38.4 Å². The minimum atomic E-state index is -0.389. The SMILES string of the molecule is CC(Cc1ccc2ccccc2n1)C(=O)NO.CCOC(=O)/C(C)=C/c1ccc2ccccc2n1.CCOC(=O)C(C)Cc1ccc2ccccc2n1.O=Cc1ccc2ccccc2n1. The van der Waals surface area contributed by atoms with Gasteiger partial charge in [0.2, 0.25) is 5.91 Å². The number of benzene rings is 4. The summed E-state index contributed by atoms with van der Waals surface area (Å²) in [4.78, 5) is 62.3. The Bertz CT molecular complexity index is 2900. The van der Waals surface area contributed by atoms with Crippen LogP contribution < -0.4 is 5.48 Å². The molecule has 2 N–H and O–H groups in total. The molecule has 0 aliphatic carbocycles. The van der Waals surface area contributed by atoms with E-state index in [2.05, 4.69) is 19.9 Å².